The maximum atomic E-state index is 12.8. The summed E-state index contributed by atoms with van der Waals surface area (Å²) >= 11 is 0. The minimum absolute atomic E-state index is 0.193. The van der Waals surface area contributed by atoms with Crippen molar-refractivity contribution in [1.29, 1.82) is 0 Å². The van der Waals surface area contributed by atoms with Crippen LogP contribution in [0.5, 0.6) is 0 Å². The van der Waals surface area contributed by atoms with Crippen LogP contribution in [0.2, 0.25) is 0 Å². The van der Waals surface area contributed by atoms with Crippen molar-refractivity contribution in [3.63, 3.8) is 0 Å². The Hall–Kier alpha value is -2.60. The molecule has 0 bridgehead atoms. The van der Waals surface area contributed by atoms with E-state index in [1.54, 1.807) is 4.68 Å². The fourth-order valence-corrected chi connectivity index (χ4v) is 4.27. The topological polar surface area (TPSA) is 63.9 Å². The number of nitrogens with zero attached hydrogens (tertiary/aromatic N) is 5. The van der Waals surface area contributed by atoms with Crippen molar-refractivity contribution in [3.05, 3.63) is 42.4 Å². The number of Topliss-reactive ketones (excluding diaryl/α,β-unsaturated/α-hetero) is 1. The summed E-state index contributed by atoms with van der Waals surface area (Å²) in [6.07, 6.45) is 8.89. The lowest BCUT2D eigenvalue weighted by molar-refractivity contribution is -0.123. The predicted molar refractivity (Wildman–Crippen MR) is 108 cm³/mol. The quantitative estimate of drug-likeness (QED) is 0.686. The van der Waals surface area contributed by atoms with Gasteiger partial charge in [-0.2, -0.15) is 0 Å². The second-order valence-corrected chi connectivity index (χ2v) is 8.20. The van der Waals surface area contributed by atoms with Gasteiger partial charge in [0.25, 0.3) is 0 Å². The molecule has 6 heteroatoms. The highest BCUT2D eigenvalue weighted by atomic mass is 16.1. The fourth-order valence-electron chi connectivity index (χ4n) is 4.27. The number of pyridine rings is 1. The minimum atomic E-state index is 0.193. The molecule has 0 spiro atoms. The van der Waals surface area contributed by atoms with E-state index in [0.29, 0.717) is 12.2 Å². The van der Waals surface area contributed by atoms with Crippen molar-refractivity contribution in [2.75, 3.05) is 13.1 Å². The summed E-state index contributed by atoms with van der Waals surface area (Å²) in [6.45, 7) is 2.15. The van der Waals surface area contributed by atoms with Gasteiger partial charge in [0.2, 0.25) is 0 Å². The van der Waals surface area contributed by atoms with Crippen LogP contribution in [-0.4, -0.2) is 49.8 Å². The highest BCUT2D eigenvalue weighted by Crippen LogP contribution is 2.31. The Balaban J connectivity index is 1.30. The van der Waals surface area contributed by atoms with Crippen molar-refractivity contribution < 1.29 is 4.79 Å². The van der Waals surface area contributed by atoms with Gasteiger partial charge in [-0.25, -0.2) is 0 Å². The van der Waals surface area contributed by atoms with Crippen molar-refractivity contribution in [3.8, 4) is 11.3 Å². The first-order valence-electron chi connectivity index (χ1n) is 10.2. The number of ketones is 1. The SMILES string of the molecule is Cn1cc(-c2ccc3cnc(CC(=O)C4CCN(C5CC5)CC4)cc3c2)nn1. The van der Waals surface area contributed by atoms with E-state index in [-0.39, 0.29) is 5.92 Å². The zero-order valence-electron chi connectivity index (χ0n) is 16.2. The van der Waals surface area contributed by atoms with Crippen LogP contribution in [0, 0.1) is 5.92 Å². The van der Waals surface area contributed by atoms with E-state index in [0.717, 1.165) is 59.7 Å². The summed E-state index contributed by atoms with van der Waals surface area (Å²) in [5.41, 5.74) is 2.73. The third kappa shape index (κ3) is 3.56. The van der Waals surface area contributed by atoms with Crippen LogP contribution < -0.4 is 0 Å². The number of aryl methyl sites for hydroxylation is 1. The largest absolute Gasteiger partial charge is 0.300 e. The smallest absolute Gasteiger partial charge is 0.142 e. The number of carbonyl (C=O) groups excluding carboxylic acids is 1. The molecule has 0 atom stereocenters. The fraction of sp³-hybridized carbons (Fsp3) is 0.455. The molecule has 0 N–H and O–H groups in total. The molecule has 1 aromatic carbocycles. The van der Waals surface area contributed by atoms with E-state index in [2.05, 4.69) is 26.3 Å². The lowest BCUT2D eigenvalue weighted by atomic mass is 9.90. The normalized spacial score (nSPS) is 18.6. The molecule has 0 unspecified atom stereocenters. The van der Waals surface area contributed by atoms with Crippen LogP contribution in [-0.2, 0) is 18.3 Å². The molecule has 6 nitrogen and oxygen atoms in total. The number of piperidine rings is 1. The molecule has 1 saturated carbocycles. The molecule has 0 amide bonds. The van der Waals surface area contributed by atoms with Gasteiger partial charge in [-0.3, -0.25) is 14.5 Å². The van der Waals surface area contributed by atoms with E-state index >= 15 is 0 Å². The summed E-state index contributed by atoms with van der Waals surface area (Å²) in [7, 11) is 1.86. The van der Waals surface area contributed by atoms with Gasteiger partial charge in [-0.1, -0.05) is 17.3 Å². The van der Waals surface area contributed by atoms with Crippen LogP contribution >= 0.6 is 0 Å². The Bertz CT molecular complexity index is 1010. The summed E-state index contributed by atoms with van der Waals surface area (Å²) in [5, 5.41) is 10.4. The average Bonchev–Trinajstić information content (AvgIpc) is 3.48. The van der Waals surface area contributed by atoms with E-state index < -0.39 is 0 Å². The number of rotatable bonds is 5. The molecule has 3 aromatic rings. The summed E-state index contributed by atoms with van der Waals surface area (Å²) in [6, 6.07) is 9.04. The van der Waals surface area contributed by atoms with E-state index in [4.69, 9.17) is 0 Å². The zero-order valence-corrected chi connectivity index (χ0v) is 16.2. The molecule has 1 aliphatic carbocycles. The second-order valence-electron chi connectivity index (χ2n) is 8.20. The van der Waals surface area contributed by atoms with Crippen LogP contribution in [0.4, 0.5) is 0 Å². The maximum Gasteiger partial charge on any atom is 0.142 e. The molecule has 2 aliphatic rings. The summed E-state index contributed by atoms with van der Waals surface area (Å²) < 4.78 is 1.70. The molecular weight excluding hydrogens is 350 g/mol. The number of hydrogen-bond acceptors (Lipinski definition) is 5. The van der Waals surface area contributed by atoms with Gasteiger partial charge in [0.1, 0.15) is 11.5 Å². The molecule has 28 heavy (non-hydrogen) atoms. The Labute approximate surface area is 164 Å². The number of fused-ring (bicyclic) bond motifs is 1. The van der Waals surface area contributed by atoms with Crippen LogP contribution in [0.25, 0.3) is 22.0 Å². The van der Waals surface area contributed by atoms with Crippen LogP contribution in [0.15, 0.2) is 36.7 Å². The number of likely N-dealkylation sites (tertiary alicyclic amines) is 1. The molecule has 1 aliphatic heterocycles. The van der Waals surface area contributed by atoms with Gasteiger partial charge in [-0.05, 0) is 56.3 Å². The van der Waals surface area contributed by atoms with Crippen LogP contribution in [0.1, 0.15) is 31.4 Å². The lowest BCUT2D eigenvalue weighted by Gasteiger charge is -2.31. The van der Waals surface area contributed by atoms with Gasteiger partial charge >= 0.3 is 0 Å². The minimum Gasteiger partial charge on any atom is -0.300 e. The zero-order chi connectivity index (χ0) is 19.1. The van der Waals surface area contributed by atoms with Crippen molar-refractivity contribution in [1.82, 2.24) is 24.9 Å². The first kappa shape index (κ1) is 17.5. The Kier molecular flexibility index (Phi) is 4.43. The lowest BCUT2D eigenvalue weighted by Crippen LogP contribution is -2.38. The van der Waals surface area contributed by atoms with Gasteiger partial charge in [0.05, 0.1) is 6.20 Å². The summed E-state index contributed by atoms with van der Waals surface area (Å²) in [5.74, 6) is 0.533. The third-order valence-electron chi connectivity index (χ3n) is 6.08. The molecule has 3 heterocycles. The van der Waals surface area contributed by atoms with Crippen molar-refractivity contribution in [2.24, 2.45) is 13.0 Å². The van der Waals surface area contributed by atoms with Crippen molar-refractivity contribution >= 4 is 16.6 Å². The molecule has 144 valence electrons. The number of carbonyl (C=O) groups is 1. The number of aromatic nitrogens is 4. The Morgan fingerprint density at radius 3 is 2.64 bits per heavy atom. The number of hydrogen-bond donors (Lipinski definition) is 0. The highest BCUT2D eigenvalue weighted by Gasteiger charge is 2.33. The Morgan fingerprint density at radius 2 is 1.93 bits per heavy atom. The molecule has 2 aromatic heterocycles. The molecule has 1 saturated heterocycles. The van der Waals surface area contributed by atoms with Gasteiger partial charge < -0.3 is 4.90 Å². The maximum absolute atomic E-state index is 12.8. The number of benzene rings is 1. The highest BCUT2D eigenvalue weighted by molar-refractivity contribution is 5.88. The predicted octanol–water partition coefficient (Wildman–Crippen LogP) is 3.02. The first-order valence-corrected chi connectivity index (χ1v) is 10.2. The van der Waals surface area contributed by atoms with E-state index in [1.165, 1.54) is 12.8 Å². The third-order valence-corrected chi connectivity index (χ3v) is 6.08. The van der Waals surface area contributed by atoms with Gasteiger partial charge in [0, 0.05) is 48.3 Å². The molecule has 2 fully saturated rings. The van der Waals surface area contributed by atoms with E-state index in [1.807, 2.05) is 37.6 Å². The van der Waals surface area contributed by atoms with Gasteiger partial charge in [-0.15, -0.1) is 5.10 Å². The molecular formula is C22H25N5O. The summed E-state index contributed by atoms with van der Waals surface area (Å²) in [4.78, 5) is 19.9. The van der Waals surface area contributed by atoms with Gasteiger partial charge in [0.15, 0.2) is 0 Å². The second kappa shape index (κ2) is 7.09. The Morgan fingerprint density at radius 1 is 1.11 bits per heavy atom. The standard InChI is InChI=1S/C22H25N5O/c1-26-14-21(24-25-26)16-2-3-17-13-23-19(11-18(17)10-16)12-22(28)15-6-8-27(9-7-15)20-4-5-20/h2-3,10-11,13-15,20H,4-9,12H2,1H3. The monoisotopic (exact) mass is 375 g/mol. The average molecular weight is 375 g/mol. The molecule has 5 rings (SSSR count). The van der Waals surface area contributed by atoms with E-state index in [9.17, 15) is 4.79 Å². The van der Waals surface area contributed by atoms with Crippen molar-refractivity contribution in [2.45, 2.75) is 38.1 Å². The van der Waals surface area contributed by atoms with Crippen LogP contribution in [0.3, 0.4) is 0 Å². The molecule has 0 radical (unpaired) electrons. The first-order chi connectivity index (χ1) is 13.7.